The minimum absolute atomic E-state index is 0.226. The molecule has 1 atom stereocenters. The van der Waals surface area contributed by atoms with Gasteiger partial charge in [-0.2, -0.15) is 0 Å². The average molecular weight is 593 g/mol. The molecular formula is C27H24Cl3N3O6. The van der Waals surface area contributed by atoms with Gasteiger partial charge in [-0.15, -0.1) is 0 Å². The number of aromatic nitrogens is 1. The first-order chi connectivity index (χ1) is 18.5. The molecule has 0 unspecified atom stereocenters. The largest absolute Gasteiger partial charge is 0.489 e. The van der Waals surface area contributed by atoms with Gasteiger partial charge in [0.2, 0.25) is 12.7 Å². The second-order valence-electron chi connectivity index (χ2n) is 8.82. The van der Waals surface area contributed by atoms with Crippen LogP contribution in [0.5, 0.6) is 17.2 Å². The highest BCUT2D eigenvalue weighted by Crippen LogP contribution is 2.37. The van der Waals surface area contributed by atoms with Gasteiger partial charge in [0.15, 0.2) is 17.0 Å². The first-order valence-corrected chi connectivity index (χ1v) is 12.7. The van der Waals surface area contributed by atoms with Crippen LogP contribution in [0, 0.1) is 0 Å². The van der Waals surface area contributed by atoms with Gasteiger partial charge in [0, 0.05) is 50.3 Å². The standard InChI is InChI=1S/C23H16Cl3NO3.C4H8N2O3/c24-18-2-1-3-19(25)17(18)12-28-16-4-5-21-14(8-16)6-7-27(21)11-15-9-22-23(10-20(15)26)30-13-29-22;1-4(6,2(5)7)3(8)9/h1-10H,11-13H2;6H2,1H3,(H2,5,7)(H,8,9)/t;4-/m.0/s1. The number of carbonyl (C=O) groups excluding carboxylic acids is 1. The number of hydrogen-bond acceptors (Lipinski definition) is 6. The van der Waals surface area contributed by atoms with Crippen LogP contribution >= 0.6 is 34.8 Å². The lowest BCUT2D eigenvalue weighted by molar-refractivity contribution is -0.147. The number of nitrogens with zero attached hydrogens (tertiary/aromatic N) is 1. The molecule has 1 aliphatic heterocycles. The minimum Gasteiger partial charge on any atom is -0.489 e. The maximum absolute atomic E-state index is 10.2. The van der Waals surface area contributed by atoms with E-state index in [0.717, 1.165) is 40.5 Å². The summed E-state index contributed by atoms with van der Waals surface area (Å²) in [5.41, 5.74) is 10.4. The van der Waals surface area contributed by atoms with Gasteiger partial charge in [0.1, 0.15) is 12.4 Å². The number of halogens is 3. The smallest absolute Gasteiger partial charge is 0.333 e. The fourth-order valence-electron chi connectivity index (χ4n) is 3.60. The summed E-state index contributed by atoms with van der Waals surface area (Å²) >= 11 is 18.9. The van der Waals surface area contributed by atoms with Crippen molar-refractivity contribution in [2.45, 2.75) is 25.6 Å². The molecule has 0 radical (unpaired) electrons. The zero-order valence-corrected chi connectivity index (χ0v) is 22.9. The summed E-state index contributed by atoms with van der Waals surface area (Å²) in [6, 6.07) is 17.2. The Kier molecular flexibility index (Phi) is 8.46. The minimum atomic E-state index is -1.94. The van der Waals surface area contributed by atoms with E-state index in [1.165, 1.54) is 0 Å². The number of benzene rings is 3. The SMILES string of the molecule is C[C@](N)(C(N)=O)C(=O)O.Clc1cc2c(cc1Cn1ccc3cc(OCc4c(Cl)cccc4Cl)ccc31)OCO2. The summed E-state index contributed by atoms with van der Waals surface area (Å²) in [5.74, 6) is -0.316. The molecule has 3 aromatic carbocycles. The third kappa shape index (κ3) is 6.34. The Balaban J connectivity index is 0.000000340. The van der Waals surface area contributed by atoms with Crippen molar-refractivity contribution in [1.82, 2.24) is 4.57 Å². The van der Waals surface area contributed by atoms with Gasteiger partial charge in [-0.25, -0.2) is 4.79 Å². The molecule has 39 heavy (non-hydrogen) atoms. The van der Waals surface area contributed by atoms with E-state index in [1.54, 1.807) is 18.2 Å². The summed E-state index contributed by atoms with van der Waals surface area (Å²) < 4.78 is 18.9. The van der Waals surface area contributed by atoms with Crippen molar-refractivity contribution in [3.63, 3.8) is 0 Å². The van der Waals surface area contributed by atoms with Crippen LogP contribution in [0.2, 0.25) is 15.1 Å². The number of carboxylic acid groups (broad SMARTS) is 1. The van der Waals surface area contributed by atoms with Crippen molar-refractivity contribution in [1.29, 1.82) is 0 Å². The summed E-state index contributed by atoms with van der Waals surface area (Å²) in [6.45, 7) is 2.19. The molecule has 0 fully saturated rings. The van der Waals surface area contributed by atoms with Crippen LogP contribution in [0.4, 0.5) is 0 Å². The van der Waals surface area contributed by atoms with Gasteiger partial charge in [0.05, 0.1) is 0 Å². The zero-order valence-electron chi connectivity index (χ0n) is 20.6. The quantitative estimate of drug-likeness (QED) is 0.250. The molecule has 12 heteroatoms. The number of carbonyl (C=O) groups is 2. The second kappa shape index (κ2) is 11.6. The molecule has 0 spiro atoms. The van der Waals surface area contributed by atoms with Crippen LogP contribution in [0.3, 0.4) is 0 Å². The van der Waals surface area contributed by atoms with E-state index < -0.39 is 17.4 Å². The Morgan fingerprint density at radius 3 is 2.31 bits per heavy atom. The first kappa shape index (κ1) is 28.4. The van der Waals surface area contributed by atoms with E-state index in [9.17, 15) is 9.59 Å². The van der Waals surface area contributed by atoms with Gasteiger partial charge in [-0.05, 0) is 55.0 Å². The van der Waals surface area contributed by atoms with E-state index >= 15 is 0 Å². The molecule has 5 N–H and O–H groups in total. The lowest BCUT2D eigenvalue weighted by atomic mass is 10.1. The molecule has 204 valence electrons. The number of rotatable bonds is 7. The topological polar surface area (TPSA) is 139 Å². The van der Waals surface area contributed by atoms with Crippen molar-refractivity contribution >= 4 is 57.6 Å². The molecule has 1 amide bonds. The van der Waals surface area contributed by atoms with Crippen LogP contribution in [-0.4, -0.2) is 33.9 Å². The van der Waals surface area contributed by atoms with Crippen LogP contribution in [0.1, 0.15) is 18.1 Å². The summed E-state index contributed by atoms with van der Waals surface area (Å²) in [4.78, 5) is 20.2. The predicted molar refractivity (Wildman–Crippen MR) is 149 cm³/mol. The predicted octanol–water partition coefficient (Wildman–Crippen LogP) is 5.23. The molecule has 0 saturated heterocycles. The third-order valence-electron chi connectivity index (χ3n) is 6.03. The Hall–Kier alpha value is -3.63. The Labute approximate surface area is 238 Å². The lowest BCUT2D eigenvalue weighted by Gasteiger charge is -2.12. The number of aliphatic carboxylic acids is 1. The molecule has 0 bridgehead atoms. The summed E-state index contributed by atoms with van der Waals surface area (Å²) in [6.07, 6.45) is 2.03. The zero-order chi connectivity index (χ0) is 28.3. The van der Waals surface area contributed by atoms with E-state index in [-0.39, 0.29) is 6.79 Å². The normalized spacial score (nSPS) is 13.4. The van der Waals surface area contributed by atoms with E-state index in [0.29, 0.717) is 34.0 Å². The number of primary amides is 1. The molecule has 1 aliphatic rings. The van der Waals surface area contributed by atoms with Crippen LogP contribution < -0.4 is 25.7 Å². The fraction of sp³-hybridized carbons (Fsp3) is 0.185. The Morgan fingerprint density at radius 1 is 1.03 bits per heavy atom. The molecular weight excluding hydrogens is 569 g/mol. The van der Waals surface area contributed by atoms with Gasteiger partial charge in [-0.3, -0.25) is 4.79 Å². The van der Waals surface area contributed by atoms with Crippen molar-refractivity contribution in [2.75, 3.05) is 6.79 Å². The molecule has 2 heterocycles. The maximum atomic E-state index is 10.2. The van der Waals surface area contributed by atoms with Crippen molar-refractivity contribution in [3.05, 3.63) is 87.0 Å². The monoisotopic (exact) mass is 591 g/mol. The van der Waals surface area contributed by atoms with Crippen LogP contribution in [0.25, 0.3) is 10.9 Å². The van der Waals surface area contributed by atoms with Crippen LogP contribution in [-0.2, 0) is 22.7 Å². The van der Waals surface area contributed by atoms with E-state index in [2.05, 4.69) is 10.3 Å². The molecule has 5 rings (SSSR count). The number of carboxylic acids is 1. The highest BCUT2D eigenvalue weighted by atomic mass is 35.5. The molecule has 9 nitrogen and oxygen atoms in total. The highest BCUT2D eigenvalue weighted by Gasteiger charge is 2.34. The number of amides is 1. The fourth-order valence-corrected chi connectivity index (χ4v) is 4.32. The van der Waals surface area contributed by atoms with Crippen molar-refractivity contribution < 1.29 is 28.9 Å². The van der Waals surface area contributed by atoms with Gasteiger partial charge >= 0.3 is 5.97 Å². The molecule has 0 saturated carbocycles. The van der Waals surface area contributed by atoms with E-state index in [4.69, 9.17) is 59.9 Å². The number of ether oxygens (including phenoxy) is 3. The average Bonchev–Trinajstić information content (AvgIpc) is 3.50. The van der Waals surface area contributed by atoms with Gasteiger partial charge < -0.3 is 35.4 Å². The number of nitrogens with two attached hydrogens (primary N) is 2. The van der Waals surface area contributed by atoms with E-state index in [1.807, 2.05) is 42.6 Å². The van der Waals surface area contributed by atoms with Gasteiger partial charge in [-0.1, -0.05) is 40.9 Å². The number of fused-ring (bicyclic) bond motifs is 2. The maximum Gasteiger partial charge on any atom is 0.333 e. The molecule has 1 aromatic heterocycles. The Morgan fingerprint density at radius 2 is 1.69 bits per heavy atom. The second-order valence-corrected chi connectivity index (χ2v) is 10.0. The lowest BCUT2D eigenvalue weighted by Crippen LogP contribution is -2.55. The number of hydrogen-bond donors (Lipinski definition) is 3. The molecule has 0 aliphatic carbocycles. The summed E-state index contributed by atoms with van der Waals surface area (Å²) in [7, 11) is 0. The first-order valence-electron chi connectivity index (χ1n) is 11.5. The summed E-state index contributed by atoms with van der Waals surface area (Å²) in [5, 5.41) is 11.1. The Bertz CT molecular complexity index is 1520. The van der Waals surface area contributed by atoms with Crippen molar-refractivity contribution in [3.8, 4) is 17.2 Å². The highest BCUT2D eigenvalue weighted by molar-refractivity contribution is 6.36. The van der Waals surface area contributed by atoms with Crippen LogP contribution in [0.15, 0.2) is 60.8 Å². The molecule has 4 aromatic rings. The third-order valence-corrected chi connectivity index (χ3v) is 7.09. The van der Waals surface area contributed by atoms with Crippen molar-refractivity contribution in [2.24, 2.45) is 11.5 Å². The van der Waals surface area contributed by atoms with Gasteiger partial charge in [0.25, 0.3) is 0 Å².